The second-order valence-corrected chi connectivity index (χ2v) is 9.74. The molecule has 2 fully saturated rings. The Morgan fingerprint density at radius 1 is 0.794 bits per heavy atom. The van der Waals surface area contributed by atoms with Gasteiger partial charge in [0.2, 0.25) is 29.0 Å². The molecule has 7 heteroatoms. The van der Waals surface area contributed by atoms with Gasteiger partial charge in [0.1, 0.15) is 0 Å². The summed E-state index contributed by atoms with van der Waals surface area (Å²) in [4.78, 5) is 56.2. The molecule has 0 unspecified atom stereocenters. The third kappa shape index (κ3) is 2.59. The van der Waals surface area contributed by atoms with Gasteiger partial charge >= 0.3 is 0 Å². The number of carbonyl (C=O) groups is 4. The van der Waals surface area contributed by atoms with Crippen molar-refractivity contribution in [3.63, 3.8) is 0 Å². The van der Waals surface area contributed by atoms with E-state index in [9.17, 15) is 19.2 Å². The summed E-state index contributed by atoms with van der Waals surface area (Å²) < 4.78 is 7.12. The highest BCUT2D eigenvalue weighted by Crippen LogP contribution is 2.58. The lowest BCUT2D eigenvalue weighted by Crippen LogP contribution is -2.51. The topological polar surface area (TPSA) is 80.8 Å². The van der Waals surface area contributed by atoms with Gasteiger partial charge in [-0.2, -0.15) is 0 Å². The first kappa shape index (κ1) is 21.1. The lowest BCUT2D eigenvalue weighted by Gasteiger charge is -2.27. The molecular formula is C27H18BrNO5. The number of amides is 2. The molecule has 0 N–H and O–H groups in total. The van der Waals surface area contributed by atoms with Crippen molar-refractivity contribution in [3.05, 3.63) is 99.5 Å². The van der Waals surface area contributed by atoms with Crippen LogP contribution >= 0.6 is 15.9 Å². The fraction of sp³-hybridized carbons (Fsp3) is 0.185. The standard InChI is InChI=1S/C27H18BrNO5/c1-14-6-2-3-7-17(14)22-20-21(26(33)29(25(20)32)16-12-10-15(28)11-13-16)27(34-22)23(30)18-8-4-5-9-19(18)24(27)31/h2-13,20-22H,1H3/t20-,21+,22-/m0/s1. The number of fused-ring (bicyclic) bond motifs is 3. The SMILES string of the molecule is Cc1ccccc1[C@@H]1OC2(C(=O)c3ccccc3C2=O)[C@H]2C(=O)N(c3ccc(Br)cc3)C(=O)[C@H]12. The molecule has 3 aromatic carbocycles. The second kappa shape index (κ2) is 7.29. The summed E-state index contributed by atoms with van der Waals surface area (Å²) in [5.74, 6) is -4.43. The molecule has 0 aromatic heterocycles. The van der Waals surface area contributed by atoms with Crippen LogP contribution in [0.1, 0.15) is 37.9 Å². The summed E-state index contributed by atoms with van der Waals surface area (Å²) in [5, 5.41) is 0. The van der Waals surface area contributed by atoms with Crippen molar-refractivity contribution in [1.82, 2.24) is 0 Å². The zero-order valence-corrected chi connectivity index (χ0v) is 19.6. The lowest BCUT2D eigenvalue weighted by atomic mass is 9.77. The van der Waals surface area contributed by atoms with E-state index in [1.807, 2.05) is 31.2 Å². The highest BCUT2D eigenvalue weighted by atomic mass is 79.9. The van der Waals surface area contributed by atoms with E-state index in [-0.39, 0.29) is 11.1 Å². The van der Waals surface area contributed by atoms with Gasteiger partial charge in [0, 0.05) is 15.6 Å². The smallest absolute Gasteiger partial charge is 0.241 e. The van der Waals surface area contributed by atoms with Gasteiger partial charge in [0.05, 0.1) is 23.6 Å². The Bertz CT molecular complexity index is 1380. The van der Waals surface area contributed by atoms with Crippen LogP contribution < -0.4 is 4.90 Å². The van der Waals surface area contributed by atoms with Crippen molar-refractivity contribution in [1.29, 1.82) is 0 Å². The Kier molecular flexibility index (Phi) is 4.53. The van der Waals surface area contributed by atoms with Crippen LogP contribution in [0, 0.1) is 18.8 Å². The highest BCUT2D eigenvalue weighted by molar-refractivity contribution is 9.10. The molecule has 6 rings (SSSR count). The molecule has 2 heterocycles. The number of hydrogen-bond acceptors (Lipinski definition) is 5. The van der Waals surface area contributed by atoms with E-state index in [1.54, 1.807) is 48.5 Å². The summed E-state index contributed by atoms with van der Waals surface area (Å²) in [6, 6.07) is 20.6. The van der Waals surface area contributed by atoms with Gasteiger partial charge in [-0.05, 0) is 42.3 Å². The maximum atomic E-state index is 13.9. The van der Waals surface area contributed by atoms with E-state index in [0.29, 0.717) is 11.3 Å². The van der Waals surface area contributed by atoms with E-state index in [2.05, 4.69) is 15.9 Å². The van der Waals surface area contributed by atoms with Crippen molar-refractivity contribution in [2.45, 2.75) is 18.6 Å². The molecule has 0 bridgehead atoms. The number of benzene rings is 3. The number of imide groups is 1. The Morgan fingerprint density at radius 2 is 1.38 bits per heavy atom. The summed E-state index contributed by atoms with van der Waals surface area (Å²) in [7, 11) is 0. The molecule has 2 amide bonds. The number of Topliss-reactive ketones (excluding diaryl/α,β-unsaturated/α-hetero) is 2. The predicted octanol–water partition coefficient (Wildman–Crippen LogP) is 4.45. The molecule has 168 valence electrons. The van der Waals surface area contributed by atoms with Crippen molar-refractivity contribution in [2.75, 3.05) is 4.90 Å². The Balaban J connectivity index is 1.56. The van der Waals surface area contributed by atoms with Gasteiger partial charge in [-0.3, -0.25) is 19.2 Å². The number of halogens is 1. The van der Waals surface area contributed by atoms with Crippen LogP contribution in [0.3, 0.4) is 0 Å². The zero-order valence-electron chi connectivity index (χ0n) is 18.0. The van der Waals surface area contributed by atoms with Crippen LogP contribution in [-0.2, 0) is 14.3 Å². The molecular weight excluding hydrogens is 498 g/mol. The second-order valence-electron chi connectivity index (χ2n) is 8.83. The number of aryl methyl sites for hydroxylation is 1. The minimum Gasteiger partial charge on any atom is -0.349 e. The summed E-state index contributed by atoms with van der Waals surface area (Å²) in [6.45, 7) is 1.87. The normalized spacial score (nSPS) is 24.8. The molecule has 3 aromatic rings. The summed E-state index contributed by atoms with van der Waals surface area (Å²) in [6.07, 6.45) is -0.912. The molecule has 6 nitrogen and oxygen atoms in total. The molecule has 1 spiro atoms. The predicted molar refractivity (Wildman–Crippen MR) is 126 cm³/mol. The minimum absolute atomic E-state index is 0.221. The van der Waals surface area contributed by atoms with Gasteiger partial charge < -0.3 is 4.74 Å². The number of carbonyl (C=O) groups excluding carboxylic acids is 4. The molecule has 0 radical (unpaired) electrons. The van der Waals surface area contributed by atoms with Gasteiger partial charge in [0.15, 0.2) is 0 Å². The monoisotopic (exact) mass is 515 g/mol. The van der Waals surface area contributed by atoms with E-state index in [0.717, 1.165) is 14.9 Å². The van der Waals surface area contributed by atoms with Crippen LogP contribution in [0.2, 0.25) is 0 Å². The third-order valence-corrected chi connectivity index (χ3v) is 7.63. The van der Waals surface area contributed by atoms with Crippen molar-refractivity contribution < 1.29 is 23.9 Å². The van der Waals surface area contributed by atoms with Crippen LogP contribution in [0.15, 0.2) is 77.3 Å². The van der Waals surface area contributed by atoms with Gasteiger partial charge in [0.25, 0.3) is 0 Å². The van der Waals surface area contributed by atoms with Gasteiger partial charge in [-0.1, -0.05) is 64.5 Å². The molecule has 0 saturated carbocycles. The summed E-state index contributed by atoms with van der Waals surface area (Å²) in [5.41, 5.74) is 0.309. The quantitative estimate of drug-likeness (QED) is 0.372. The van der Waals surface area contributed by atoms with Crippen molar-refractivity contribution in [2.24, 2.45) is 11.8 Å². The first-order chi connectivity index (χ1) is 16.4. The zero-order chi connectivity index (χ0) is 23.8. The van der Waals surface area contributed by atoms with Gasteiger partial charge in [-0.25, -0.2) is 4.90 Å². The first-order valence-electron chi connectivity index (χ1n) is 10.9. The van der Waals surface area contributed by atoms with Crippen LogP contribution in [0.5, 0.6) is 0 Å². The minimum atomic E-state index is -2.06. The lowest BCUT2D eigenvalue weighted by molar-refractivity contribution is -0.127. The number of ketones is 2. The molecule has 2 aliphatic heterocycles. The number of hydrogen-bond donors (Lipinski definition) is 0. The fourth-order valence-electron chi connectivity index (χ4n) is 5.55. The molecule has 2 saturated heterocycles. The van der Waals surface area contributed by atoms with Crippen LogP contribution in [0.4, 0.5) is 5.69 Å². The third-order valence-electron chi connectivity index (χ3n) is 7.10. The van der Waals surface area contributed by atoms with E-state index >= 15 is 0 Å². The van der Waals surface area contributed by atoms with E-state index in [4.69, 9.17) is 4.74 Å². The van der Waals surface area contributed by atoms with Crippen molar-refractivity contribution >= 4 is 45.0 Å². The number of nitrogens with zero attached hydrogens (tertiary/aromatic N) is 1. The fourth-order valence-corrected chi connectivity index (χ4v) is 5.81. The first-order valence-corrected chi connectivity index (χ1v) is 11.7. The highest BCUT2D eigenvalue weighted by Gasteiger charge is 2.74. The number of anilines is 1. The maximum absolute atomic E-state index is 13.9. The number of rotatable bonds is 2. The Labute approximate surface area is 203 Å². The molecule has 3 atom stereocenters. The average Bonchev–Trinajstić information content (AvgIpc) is 3.40. The number of ether oxygens (including phenoxy) is 1. The van der Waals surface area contributed by atoms with Crippen LogP contribution in [0.25, 0.3) is 0 Å². The maximum Gasteiger partial charge on any atom is 0.241 e. The Hall–Kier alpha value is -3.42. The molecule has 34 heavy (non-hydrogen) atoms. The average molecular weight is 516 g/mol. The van der Waals surface area contributed by atoms with E-state index in [1.165, 1.54) is 0 Å². The van der Waals surface area contributed by atoms with Crippen LogP contribution in [-0.4, -0.2) is 29.0 Å². The molecule has 3 aliphatic rings. The van der Waals surface area contributed by atoms with E-state index < -0.39 is 46.9 Å². The molecule has 1 aliphatic carbocycles. The Morgan fingerprint density at radius 3 is 2.00 bits per heavy atom. The van der Waals surface area contributed by atoms with Crippen molar-refractivity contribution in [3.8, 4) is 0 Å². The largest absolute Gasteiger partial charge is 0.349 e. The van der Waals surface area contributed by atoms with Gasteiger partial charge in [-0.15, -0.1) is 0 Å². The summed E-state index contributed by atoms with van der Waals surface area (Å²) >= 11 is 3.36.